The Bertz CT molecular complexity index is 443. The van der Waals surface area contributed by atoms with Gasteiger partial charge in [0.2, 0.25) is 0 Å². The first kappa shape index (κ1) is 11.5. The Balaban J connectivity index is 1.86. The van der Waals surface area contributed by atoms with E-state index in [1.165, 1.54) is 12.8 Å². The monoisotopic (exact) mass is 229 g/mol. The summed E-state index contributed by atoms with van der Waals surface area (Å²) in [6, 6.07) is 8.88. The van der Waals surface area contributed by atoms with Crippen LogP contribution in [0, 0.1) is 17.2 Å². The van der Waals surface area contributed by atoms with Crippen LogP contribution in [0.4, 0.5) is 10.5 Å². The Kier molecular flexibility index (Phi) is 3.29. The van der Waals surface area contributed by atoms with Gasteiger partial charge < -0.3 is 10.6 Å². The molecule has 4 heteroatoms. The molecule has 4 nitrogen and oxygen atoms in total. The summed E-state index contributed by atoms with van der Waals surface area (Å²) in [7, 11) is 0. The van der Waals surface area contributed by atoms with E-state index in [9.17, 15) is 4.79 Å². The smallest absolute Gasteiger partial charge is 0.319 e. The summed E-state index contributed by atoms with van der Waals surface area (Å²) >= 11 is 0. The number of nitrogens with one attached hydrogen (secondary N) is 2. The third kappa shape index (κ3) is 3.22. The zero-order valence-electron chi connectivity index (χ0n) is 9.73. The van der Waals surface area contributed by atoms with E-state index in [-0.39, 0.29) is 12.1 Å². The van der Waals surface area contributed by atoms with Crippen LogP contribution in [0.15, 0.2) is 24.3 Å². The normalized spacial score (nSPS) is 15.8. The van der Waals surface area contributed by atoms with Crippen LogP contribution < -0.4 is 10.6 Å². The van der Waals surface area contributed by atoms with Crippen molar-refractivity contribution in [2.24, 2.45) is 5.92 Å². The third-order valence-corrected chi connectivity index (χ3v) is 2.96. The van der Waals surface area contributed by atoms with Gasteiger partial charge in [-0.25, -0.2) is 4.79 Å². The Hall–Kier alpha value is -2.02. The van der Waals surface area contributed by atoms with Gasteiger partial charge in [-0.15, -0.1) is 0 Å². The predicted molar refractivity (Wildman–Crippen MR) is 65.5 cm³/mol. The molecule has 1 aromatic rings. The standard InChI is InChI=1S/C13H15N3O/c1-9(11-4-5-11)15-13(17)16-12-6-2-10(8-14)3-7-12/h2-3,6-7,9,11H,4-5H2,1H3,(H2,15,16,17). The molecule has 0 aliphatic heterocycles. The number of hydrogen-bond acceptors (Lipinski definition) is 2. The Labute approximate surface area is 101 Å². The van der Waals surface area contributed by atoms with Gasteiger partial charge in [-0.05, 0) is 49.9 Å². The lowest BCUT2D eigenvalue weighted by molar-refractivity contribution is 0.248. The molecular formula is C13H15N3O. The highest BCUT2D eigenvalue weighted by Crippen LogP contribution is 2.32. The average Bonchev–Trinajstić information content (AvgIpc) is 3.13. The van der Waals surface area contributed by atoms with Gasteiger partial charge in [0.05, 0.1) is 11.6 Å². The Morgan fingerprint density at radius 1 is 1.41 bits per heavy atom. The second-order valence-corrected chi connectivity index (χ2v) is 4.41. The molecule has 2 N–H and O–H groups in total. The van der Waals surface area contributed by atoms with Gasteiger partial charge >= 0.3 is 6.03 Å². The van der Waals surface area contributed by atoms with Crippen LogP contribution in [0.1, 0.15) is 25.3 Å². The van der Waals surface area contributed by atoms with Crippen molar-refractivity contribution in [3.05, 3.63) is 29.8 Å². The fraction of sp³-hybridized carbons (Fsp3) is 0.385. The number of anilines is 1. The Morgan fingerprint density at radius 3 is 2.59 bits per heavy atom. The zero-order chi connectivity index (χ0) is 12.3. The molecule has 17 heavy (non-hydrogen) atoms. The molecule has 1 aromatic carbocycles. The lowest BCUT2D eigenvalue weighted by atomic mass is 10.2. The van der Waals surface area contributed by atoms with E-state index >= 15 is 0 Å². The van der Waals surface area contributed by atoms with Crippen molar-refractivity contribution in [1.29, 1.82) is 5.26 Å². The maximum atomic E-state index is 11.6. The topological polar surface area (TPSA) is 64.9 Å². The molecule has 1 atom stereocenters. The minimum absolute atomic E-state index is 0.186. The van der Waals surface area contributed by atoms with Crippen molar-refractivity contribution in [3.63, 3.8) is 0 Å². The quantitative estimate of drug-likeness (QED) is 0.836. The molecule has 2 rings (SSSR count). The Morgan fingerprint density at radius 2 is 2.06 bits per heavy atom. The van der Waals surface area contributed by atoms with Crippen molar-refractivity contribution in [2.75, 3.05) is 5.32 Å². The molecule has 1 aliphatic rings. The third-order valence-electron chi connectivity index (χ3n) is 2.96. The fourth-order valence-electron chi connectivity index (χ4n) is 1.72. The maximum Gasteiger partial charge on any atom is 0.319 e. The SMILES string of the molecule is CC(NC(=O)Nc1ccc(C#N)cc1)C1CC1. The number of carbonyl (C=O) groups is 1. The summed E-state index contributed by atoms with van der Waals surface area (Å²) in [5.41, 5.74) is 1.28. The summed E-state index contributed by atoms with van der Waals surface area (Å²) in [5.74, 6) is 0.640. The van der Waals surface area contributed by atoms with Crippen molar-refractivity contribution in [1.82, 2.24) is 5.32 Å². The first-order valence-corrected chi connectivity index (χ1v) is 5.76. The highest BCUT2D eigenvalue weighted by molar-refractivity contribution is 5.89. The molecule has 0 heterocycles. The molecule has 0 saturated heterocycles. The molecule has 0 spiro atoms. The van der Waals surface area contributed by atoms with Gasteiger partial charge in [-0.2, -0.15) is 5.26 Å². The summed E-state index contributed by atoms with van der Waals surface area (Å²) < 4.78 is 0. The highest BCUT2D eigenvalue weighted by atomic mass is 16.2. The number of nitrogens with zero attached hydrogens (tertiary/aromatic N) is 1. The van der Waals surface area contributed by atoms with Crippen LogP contribution in [0.3, 0.4) is 0 Å². The summed E-state index contributed by atoms with van der Waals surface area (Å²) in [6.45, 7) is 2.02. The fourth-order valence-corrected chi connectivity index (χ4v) is 1.72. The van der Waals surface area contributed by atoms with Gasteiger partial charge in [0, 0.05) is 11.7 Å². The number of benzene rings is 1. The van der Waals surface area contributed by atoms with Gasteiger partial charge in [0.15, 0.2) is 0 Å². The van der Waals surface area contributed by atoms with E-state index in [1.807, 2.05) is 13.0 Å². The van der Waals surface area contributed by atoms with Crippen LogP contribution in [0.25, 0.3) is 0 Å². The molecule has 1 fully saturated rings. The molecule has 1 saturated carbocycles. The number of rotatable bonds is 3. The van der Waals surface area contributed by atoms with Gasteiger partial charge in [0.25, 0.3) is 0 Å². The number of carbonyl (C=O) groups excluding carboxylic acids is 1. The van der Waals surface area contributed by atoms with Crippen LogP contribution in [0.2, 0.25) is 0 Å². The molecule has 0 bridgehead atoms. The number of urea groups is 1. The van der Waals surface area contributed by atoms with E-state index in [4.69, 9.17) is 5.26 Å². The van der Waals surface area contributed by atoms with Crippen LogP contribution in [0.5, 0.6) is 0 Å². The van der Waals surface area contributed by atoms with Crippen LogP contribution in [-0.2, 0) is 0 Å². The minimum atomic E-state index is -0.186. The van der Waals surface area contributed by atoms with E-state index in [0.717, 1.165) is 0 Å². The first-order chi connectivity index (χ1) is 8.19. The predicted octanol–water partition coefficient (Wildman–Crippen LogP) is 2.48. The second-order valence-electron chi connectivity index (χ2n) is 4.41. The van der Waals surface area contributed by atoms with Crippen molar-refractivity contribution < 1.29 is 4.79 Å². The van der Waals surface area contributed by atoms with Crippen molar-refractivity contribution in [2.45, 2.75) is 25.8 Å². The molecule has 1 aliphatic carbocycles. The molecule has 88 valence electrons. The van der Waals surface area contributed by atoms with Gasteiger partial charge in [0.1, 0.15) is 0 Å². The van der Waals surface area contributed by atoms with E-state index < -0.39 is 0 Å². The maximum absolute atomic E-state index is 11.6. The zero-order valence-corrected chi connectivity index (χ0v) is 9.73. The molecule has 0 radical (unpaired) electrons. The number of amides is 2. The minimum Gasteiger partial charge on any atom is -0.335 e. The summed E-state index contributed by atoms with van der Waals surface area (Å²) in [5, 5.41) is 14.3. The van der Waals surface area contributed by atoms with E-state index in [2.05, 4.69) is 10.6 Å². The lowest BCUT2D eigenvalue weighted by Crippen LogP contribution is -2.37. The average molecular weight is 229 g/mol. The largest absolute Gasteiger partial charge is 0.335 e. The number of nitriles is 1. The van der Waals surface area contributed by atoms with Gasteiger partial charge in [-0.3, -0.25) is 0 Å². The molecule has 2 amide bonds. The van der Waals surface area contributed by atoms with Crippen molar-refractivity contribution >= 4 is 11.7 Å². The van der Waals surface area contributed by atoms with Crippen LogP contribution >= 0.6 is 0 Å². The molecular weight excluding hydrogens is 214 g/mol. The van der Waals surface area contributed by atoms with Crippen molar-refractivity contribution in [3.8, 4) is 6.07 Å². The van der Waals surface area contributed by atoms with E-state index in [1.54, 1.807) is 24.3 Å². The summed E-state index contributed by atoms with van der Waals surface area (Å²) in [4.78, 5) is 11.6. The van der Waals surface area contributed by atoms with Crippen LogP contribution in [-0.4, -0.2) is 12.1 Å². The first-order valence-electron chi connectivity index (χ1n) is 5.76. The summed E-state index contributed by atoms with van der Waals surface area (Å²) in [6.07, 6.45) is 2.41. The molecule has 0 aromatic heterocycles. The van der Waals surface area contributed by atoms with Gasteiger partial charge in [-0.1, -0.05) is 0 Å². The second kappa shape index (κ2) is 4.88. The highest BCUT2D eigenvalue weighted by Gasteiger charge is 2.28. The molecule has 1 unspecified atom stereocenters. The van der Waals surface area contributed by atoms with E-state index in [0.29, 0.717) is 17.2 Å². The lowest BCUT2D eigenvalue weighted by Gasteiger charge is -2.13. The number of hydrogen-bond donors (Lipinski definition) is 2.